The van der Waals surface area contributed by atoms with Crippen LogP contribution in [0.5, 0.6) is 0 Å². The molecule has 2 N–H and O–H groups in total. The summed E-state index contributed by atoms with van der Waals surface area (Å²) in [7, 11) is 0. The molecule has 3 heteroatoms. The lowest BCUT2D eigenvalue weighted by Gasteiger charge is -2.29. The summed E-state index contributed by atoms with van der Waals surface area (Å²) in [5.41, 5.74) is 7.37. The van der Waals surface area contributed by atoms with Crippen LogP contribution in [0.25, 0.3) is 0 Å². The molecule has 0 radical (unpaired) electrons. The number of rotatable bonds is 5. The summed E-state index contributed by atoms with van der Waals surface area (Å²) in [4.78, 5) is 2.24. The molecule has 1 aromatic carbocycles. The van der Waals surface area contributed by atoms with E-state index in [0.717, 1.165) is 18.8 Å². The highest BCUT2D eigenvalue weighted by atomic mass is 19.1. The number of likely N-dealkylation sites (N-methyl/N-ethyl adjacent to an activating group) is 1. The average molecular weight is 250 g/mol. The van der Waals surface area contributed by atoms with Crippen molar-refractivity contribution in [2.24, 2.45) is 11.7 Å². The Bertz CT molecular complexity index is 357. The topological polar surface area (TPSA) is 29.3 Å². The minimum absolute atomic E-state index is 0.185. The summed E-state index contributed by atoms with van der Waals surface area (Å²) in [6.07, 6.45) is 5.17. The maximum Gasteiger partial charge on any atom is 0.123 e. The van der Waals surface area contributed by atoms with E-state index in [9.17, 15) is 4.39 Å². The molecule has 1 atom stereocenters. The van der Waals surface area contributed by atoms with E-state index in [2.05, 4.69) is 11.8 Å². The van der Waals surface area contributed by atoms with Crippen molar-refractivity contribution in [3.05, 3.63) is 30.1 Å². The zero-order valence-electron chi connectivity index (χ0n) is 11.1. The molecular weight excluding hydrogens is 227 g/mol. The van der Waals surface area contributed by atoms with Crippen LogP contribution in [-0.2, 0) is 0 Å². The van der Waals surface area contributed by atoms with E-state index >= 15 is 0 Å². The molecule has 0 amide bonds. The van der Waals surface area contributed by atoms with Gasteiger partial charge in [-0.3, -0.25) is 0 Å². The molecule has 0 aromatic heterocycles. The van der Waals surface area contributed by atoms with E-state index in [0.29, 0.717) is 5.92 Å². The molecule has 2 rings (SSSR count). The number of hydrogen-bond donors (Lipinski definition) is 1. The monoisotopic (exact) mass is 250 g/mol. The standard InChI is InChI=1S/C15H23FN2/c1-2-18(14-9-7-13(16)8-10-14)11-15(17)12-5-3-4-6-12/h7-10,12,15H,2-6,11,17H2,1H3. The van der Waals surface area contributed by atoms with E-state index in [-0.39, 0.29) is 11.9 Å². The number of nitrogens with two attached hydrogens (primary N) is 1. The first-order valence-electron chi connectivity index (χ1n) is 6.96. The van der Waals surface area contributed by atoms with Crippen molar-refractivity contribution in [3.63, 3.8) is 0 Å². The Balaban J connectivity index is 1.97. The van der Waals surface area contributed by atoms with Crippen LogP contribution in [0.1, 0.15) is 32.6 Å². The summed E-state index contributed by atoms with van der Waals surface area (Å²) >= 11 is 0. The van der Waals surface area contributed by atoms with Gasteiger partial charge in [-0.15, -0.1) is 0 Å². The molecule has 100 valence electrons. The maximum absolute atomic E-state index is 12.9. The Morgan fingerprint density at radius 2 is 1.89 bits per heavy atom. The number of halogens is 1. The number of hydrogen-bond acceptors (Lipinski definition) is 2. The van der Waals surface area contributed by atoms with Crippen LogP contribution >= 0.6 is 0 Å². The van der Waals surface area contributed by atoms with Crippen molar-refractivity contribution in [1.82, 2.24) is 0 Å². The molecule has 2 nitrogen and oxygen atoms in total. The van der Waals surface area contributed by atoms with E-state index < -0.39 is 0 Å². The van der Waals surface area contributed by atoms with Crippen LogP contribution in [0.3, 0.4) is 0 Å². The van der Waals surface area contributed by atoms with Gasteiger partial charge in [0.05, 0.1) is 0 Å². The Labute approximate surface area is 109 Å². The molecule has 0 spiro atoms. The predicted molar refractivity (Wildman–Crippen MR) is 74.2 cm³/mol. The minimum Gasteiger partial charge on any atom is -0.370 e. The zero-order chi connectivity index (χ0) is 13.0. The normalized spacial score (nSPS) is 17.9. The first-order valence-corrected chi connectivity index (χ1v) is 6.96. The van der Waals surface area contributed by atoms with Gasteiger partial charge in [-0.2, -0.15) is 0 Å². The molecule has 0 bridgehead atoms. The lowest BCUT2D eigenvalue weighted by atomic mass is 9.98. The van der Waals surface area contributed by atoms with E-state index in [4.69, 9.17) is 5.73 Å². The number of nitrogens with zero attached hydrogens (tertiary/aromatic N) is 1. The van der Waals surface area contributed by atoms with Crippen molar-refractivity contribution in [2.45, 2.75) is 38.6 Å². The summed E-state index contributed by atoms with van der Waals surface area (Å²) in [6.45, 7) is 3.89. The lowest BCUT2D eigenvalue weighted by Crippen LogP contribution is -2.41. The third kappa shape index (κ3) is 3.22. The van der Waals surface area contributed by atoms with Gasteiger partial charge in [0.15, 0.2) is 0 Å². The molecule has 0 saturated heterocycles. The van der Waals surface area contributed by atoms with Crippen LogP contribution in [-0.4, -0.2) is 19.1 Å². The largest absolute Gasteiger partial charge is 0.370 e. The summed E-state index contributed by atoms with van der Waals surface area (Å²) in [5.74, 6) is 0.481. The average Bonchev–Trinajstić information content (AvgIpc) is 2.91. The second-order valence-corrected chi connectivity index (χ2v) is 5.22. The van der Waals surface area contributed by atoms with Crippen molar-refractivity contribution < 1.29 is 4.39 Å². The van der Waals surface area contributed by atoms with Gasteiger partial charge < -0.3 is 10.6 Å². The second-order valence-electron chi connectivity index (χ2n) is 5.22. The highest BCUT2D eigenvalue weighted by Gasteiger charge is 2.23. The van der Waals surface area contributed by atoms with Gasteiger partial charge >= 0.3 is 0 Å². The highest BCUT2D eigenvalue weighted by Crippen LogP contribution is 2.28. The zero-order valence-corrected chi connectivity index (χ0v) is 11.1. The Morgan fingerprint density at radius 3 is 2.44 bits per heavy atom. The third-order valence-corrected chi connectivity index (χ3v) is 4.01. The van der Waals surface area contributed by atoms with Crippen LogP contribution in [0.2, 0.25) is 0 Å². The molecule has 1 aromatic rings. The van der Waals surface area contributed by atoms with Gasteiger partial charge in [0.2, 0.25) is 0 Å². The molecule has 1 aliphatic rings. The molecule has 1 unspecified atom stereocenters. The first-order chi connectivity index (χ1) is 8.70. The third-order valence-electron chi connectivity index (χ3n) is 4.01. The quantitative estimate of drug-likeness (QED) is 0.869. The fraction of sp³-hybridized carbons (Fsp3) is 0.600. The SMILES string of the molecule is CCN(CC(N)C1CCCC1)c1ccc(F)cc1. The maximum atomic E-state index is 12.9. The Hall–Kier alpha value is -1.09. The van der Waals surface area contributed by atoms with Gasteiger partial charge in [-0.25, -0.2) is 4.39 Å². The van der Waals surface area contributed by atoms with Crippen LogP contribution in [0, 0.1) is 11.7 Å². The second kappa shape index (κ2) is 6.19. The molecule has 1 aliphatic carbocycles. The molecule has 1 saturated carbocycles. The Kier molecular flexibility index (Phi) is 4.59. The summed E-state index contributed by atoms with van der Waals surface area (Å²) in [5, 5.41) is 0. The fourth-order valence-corrected chi connectivity index (χ4v) is 2.86. The first kappa shape index (κ1) is 13.3. The molecule has 0 heterocycles. The fourth-order valence-electron chi connectivity index (χ4n) is 2.86. The van der Waals surface area contributed by atoms with Crippen molar-refractivity contribution in [3.8, 4) is 0 Å². The van der Waals surface area contributed by atoms with E-state index in [1.165, 1.54) is 37.8 Å². The molecule has 0 aliphatic heterocycles. The van der Waals surface area contributed by atoms with Crippen molar-refractivity contribution in [2.75, 3.05) is 18.0 Å². The van der Waals surface area contributed by atoms with Crippen LogP contribution in [0.15, 0.2) is 24.3 Å². The van der Waals surface area contributed by atoms with Gasteiger partial charge in [-0.05, 0) is 49.9 Å². The predicted octanol–water partition coefficient (Wildman–Crippen LogP) is 3.17. The van der Waals surface area contributed by atoms with Gasteiger partial charge in [0.25, 0.3) is 0 Å². The number of anilines is 1. The smallest absolute Gasteiger partial charge is 0.123 e. The molecular formula is C15H23FN2. The number of benzene rings is 1. The van der Waals surface area contributed by atoms with Crippen LogP contribution in [0.4, 0.5) is 10.1 Å². The van der Waals surface area contributed by atoms with Gasteiger partial charge in [-0.1, -0.05) is 12.8 Å². The van der Waals surface area contributed by atoms with Gasteiger partial charge in [0, 0.05) is 24.8 Å². The van der Waals surface area contributed by atoms with E-state index in [1.807, 2.05) is 12.1 Å². The molecule has 1 fully saturated rings. The summed E-state index contributed by atoms with van der Waals surface area (Å²) < 4.78 is 12.9. The summed E-state index contributed by atoms with van der Waals surface area (Å²) in [6, 6.07) is 6.93. The Morgan fingerprint density at radius 1 is 1.28 bits per heavy atom. The highest BCUT2D eigenvalue weighted by molar-refractivity contribution is 5.46. The van der Waals surface area contributed by atoms with Gasteiger partial charge in [0.1, 0.15) is 5.82 Å². The molecule has 18 heavy (non-hydrogen) atoms. The van der Waals surface area contributed by atoms with E-state index in [1.54, 1.807) is 0 Å². The van der Waals surface area contributed by atoms with Crippen LogP contribution < -0.4 is 10.6 Å². The van der Waals surface area contributed by atoms with Crippen molar-refractivity contribution >= 4 is 5.69 Å². The minimum atomic E-state index is -0.185. The lowest BCUT2D eigenvalue weighted by molar-refractivity contribution is 0.429. The van der Waals surface area contributed by atoms with Crippen molar-refractivity contribution in [1.29, 1.82) is 0 Å².